The van der Waals surface area contributed by atoms with Gasteiger partial charge in [-0.25, -0.2) is 15.0 Å². The lowest BCUT2D eigenvalue weighted by molar-refractivity contribution is 0.668. The van der Waals surface area contributed by atoms with E-state index in [4.69, 9.17) is 23.8 Å². The maximum atomic E-state index is 6.67. The summed E-state index contributed by atoms with van der Waals surface area (Å²) in [5.41, 5.74) is 10.9. The predicted molar refractivity (Wildman–Crippen MR) is 231 cm³/mol. The lowest BCUT2D eigenvalue weighted by Crippen LogP contribution is -2.10. The van der Waals surface area contributed by atoms with Crippen molar-refractivity contribution in [1.29, 1.82) is 0 Å². The molecule has 3 heterocycles. The second kappa shape index (κ2) is 13.5. The summed E-state index contributed by atoms with van der Waals surface area (Å²) in [5, 5.41) is 3.89. The van der Waals surface area contributed by atoms with Crippen molar-refractivity contribution in [2.75, 3.05) is 4.90 Å². The van der Waals surface area contributed by atoms with Gasteiger partial charge in [-0.15, -0.1) is 0 Å². The van der Waals surface area contributed by atoms with Crippen molar-refractivity contribution < 1.29 is 8.83 Å². The summed E-state index contributed by atoms with van der Waals surface area (Å²) < 4.78 is 13.0. The molecule has 11 aromatic rings. The minimum atomic E-state index is 0.537. The molecule has 3 aromatic heterocycles. The third-order valence-electron chi connectivity index (χ3n) is 10.5. The zero-order chi connectivity index (χ0) is 37.7. The van der Waals surface area contributed by atoms with E-state index < -0.39 is 0 Å². The second-order valence-electron chi connectivity index (χ2n) is 14.0. The second-order valence-corrected chi connectivity index (χ2v) is 14.0. The van der Waals surface area contributed by atoms with Gasteiger partial charge in [-0.2, -0.15) is 0 Å². The fraction of sp³-hybridized carbons (Fsp3) is 0. The van der Waals surface area contributed by atoms with E-state index in [0.29, 0.717) is 17.5 Å². The summed E-state index contributed by atoms with van der Waals surface area (Å²) >= 11 is 0. The van der Waals surface area contributed by atoms with Crippen molar-refractivity contribution in [3.63, 3.8) is 0 Å². The van der Waals surface area contributed by atoms with E-state index in [1.54, 1.807) is 0 Å². The van der Waals surface area contributed by atoms with E-state index in [0.717, 1.165) is 83.2 Å². The van der Waals surface area contributed by atoms with Crippen LogP contribution < -0.4 is 4.90 Å². The third kappa shape index (κ3) is 5.70. The summed E-state index contributed by atoms with van der Waals surface area (Å²) in [7, 11) is 0. The number of nitrogens with zero attached hydrogens (tertiary/aromatic N) is 4. The smallest absolute Gasteiger partial charge is 0.164 e. The molecule has 6 heteroatoms. The molecule has 8 aromatic carbocycles. The Hall–Kier alpha value is -7.83. The maximum Gasteiger partial charge on any atom is 0.164 e. The molecule has 0 unspecified atom stereocenters. The Labute approximate surface area is 328 Å². The molecule has 0 radical (unpaired) electrons. The Morgan fingerprint density at radius 1 is 0.316 bits per heavy atom. The lowest BCUT2D eigenvalue weighted by Gasteiger charge is -2.26. The highest BCUT2D eigenvalue weighted by Crippen LogP contribution is 2.44. The van der Waals surface area contributed by atoms with Crippen molar-refractivity contribution >= 4 is 60.9 Å². The van der Waals surface area contributed by atoms with Gasteiger partial charge in [-0.1, -0.05) is 140 Å². The largest absolute Gasteiger partial charge is 0.456 e. The van der Waals surface area contributed by atoms with E-state index in [2.05, 4.69) is 108 Å². The van der Waals surface area contributed by atoms with E-state index in [9.17, 15) is 0 Å². The Morgan fingerprint density at radius 3 is 1.49 bits per heavy atom. The standard InChI is InChI=1S/C51H32N4O2/c1-4-15-33(16-5-1)34-27-29-37(30-28-34)55(36-19-8-3-9-20-36)38-31-42(48-40-22-11-13-25-44(40)57-46(48)32-38)51-53-49(35-17-6-2-7-18-35)52-50(54-51)41-23-14-26-45-47(41)39-21-10-12-24-43(39)56-45/h1-32H. The average molecular weight is 733 g/mol. The summed E-state index contributed by atoms with van der Waals surface area (Å²) in [6, 6.07) is 66.2. The van der Waals surface area contributed by atoms with Crippen LogP contribution in [-0.4, -0.2) is 15.0 Å². The molecular formula is C51H32N4O2. The highest BCUT2D eigenvalue weighted by molar-refractivity contribution is 6.14. The molecule has 11 rings (SSSR count). The van der Waals surface area contributed by atoms with E-state index in [-0.39, 0.29) is 0 Å². The molecule has 57 heavy (non-hydrogen) atoms. The first-order valence-electron chi connectivity index (χ1n) is 18.9. The maximum absolute atomic E-state index is 6.67. The molecule has 0 amide bonds. The Balaban J connectivity index is 1.18. The number of para-hydroxylation sites is 3. The van der Waals surface area contributed by atoms with Gasteiger partial charge in [-0.05, 0) is 59.7 Å². The summed E-state index contributed by atoms with van der Waals surface area (Å²) in [5.74, 6) is 1.66. The van der Waals surface area contributed by atoms with Gasteiger partial charge in [0.05, 0.1) is 5.69 Å². The minimum Gasteiger partial charge on any atom is -0.456 e. The zero-order valence-corrected chi connectivity index (χ0v) is 30.6. The first-order valence-corrected chi connectivity index (χ1v) is 18.9. The van der Waals surface area contributed by atoms with Gasteiger partial charge in [-0.3, -0.25) is 0 Å². The van der Waals surface area contributed by atoms with Crippen molar-refractivity contribution in [3.05, 3.63) is 194 Å². The van der Waals surface area contributed by atoms with E-state index in [1.807, 2.05) is 91.0 Å². The monoisotopic (exact) mass is 732 g/mol. The van der Waals surface area contributed by atoms with E-state index in [1.165, 1.54) is 5.56 Å². The predicted octanol–water partition coefficient (Wildman–Crippen LogP) is 13.8. The van der Waals surface area contributed by atoms with Crippen LogP contribution in [0.2, 0.25) is 0 Å². The molecule has 268 valence electrons. The molecule has 0 spiro atoms. The number of anilines is 3. The molecular weight excluding hydrogens is 701 g/mol. The minimum absolute atomic E-state index is 0.537. The Morgan fingerprint density at radius 2 is 0.807 bits per heavy atom. The summed E-state index contributed by atoms with van der Waals surface area (Å²) in [6.07, 6.45) is 0. The van der Waals surface area contributed by atoms with Gasteiger partial charge in [0, 0.05) is 55.7 Å². The normalized spacial score (nSPS) is 11.5. The van der Waals surface area contributed by atoms with Gasteiger partial charge >= 0.3 is 0 Å². The molecule has 0 fully saturated rings. The first kappa shape index (κ1) is 32.6. The average Bonchev–Trinajstić information content (AvgIpc) is 3.86. The molecule has 6 nitrogen and oxygen atoms in total. The van der Waals surface area contributed by atoms with Gasteiger partial charge in [0.25, 0.3) is 0 Å². The molecule has 0 aliphatic rings. The van der Waals surface area contributed by atoms with Crippen LogP contribution in [0.3, 0.4) is 0 Å². The van der Waals surface area contributed by atoms with Crippen molar-refractivity contribution in [2.24, 2.45) is 0 Å². The lowest BCUT2D eigenvalue weighted by atomic mass is 10.0. The Kier molecular flexibility index (Phi) is 7.71. The van der Waals surface area contributed by atoms with Crippen LogP contribution in [-0.2, 0) is 0 Å². The molecule has 0 aliphatic carbocycles. The molecule has 0 saturated heterocycles. The number of furan rings is 2. The van der Waals surface area contributed by atoms with Crippen LogP contribution in [0.4, 0.5) is 17.1 Å². The van der Waals surface area contributed by atoms with Gasteiger partial charge in [0.1, 0.15) is 22.3 Å². The first-order chi connectivity index (χ1) is 28.2. The van der Waals surface area contributed by atoms with Crippen LogP contribution in [0.15, 0.2) is 203 Å². The van der Waals surface area contributed by atoms with Gasteiger partial charge < -0.3 is 13.7 Å². The van der Waals surface area contributed by atoms with Gasteiger partial charge in [0.2, 0.25) is 0 Å². The van der Waals surface area contributed by atoms with Crippen LogP contribution >= 0.6 is 0 Å². The van der Waals surface area contributed by atoms with Gasteiger partial charge in [0.15, 0.2) is 17.5 Å². The molecule has 0 N–H and O–H groups in total. The molecule has 0 atom stereocenters. The number of hydrogen-bond donors (Lipinski definition) is 0. The number of benzene rings is 8. The molecule has 0 saturated carbocycles. The zero-order valence-electron chi connectivity index (χ0n) is 30.6. The van der Waals surface area contributed by atoms with Crippen LogP contribution in [0.25, 0.3) is 89.2 Å². The summed E-state index contributed by atoms with van der Waals surface area (Å²) in [4.78, 5) is 18.0. The van der Waals surface area contributed by atoms with Crippen molar-refractivity contribution in [2.45, 2.75) is 0 Å². The Bertz CT molecular complexity index is 3230. The SMILES string of the molecule is c1ccc(-c2ccc(N(c3ccccc3)c3cc(-c4nc(-c5ccccc5)nc(-c5cccc6oc7ccccc7c56)n4)c4c(c3)oc3ccccc34)cc2)cc1. The van der Waals surface area contributed by atoms with Crippen LogP contribution in [0, 0.1) is 0 Å². The van der Waals surface area contributed by atoms with Crippen molar-refractivity contribution in [1.82, 2.24) is 15.0 Å². The number of hydrogen-bond acceptors (Lipinski definition) is 6. The van der Waals surface area contributed by atoms with Crippen LogP contribution in [0.1, 0.15) is 0 Å². The molecule has 0 bridgehead atoms. The van der Waals surface area contributed by atoms with Crippen molar-refractivity contribution in [3.8, 4) is 45.3 Å². The quantitative estimate of drug-likeness (QED) is 0.162. The van der Waals surface area contributed by atoms with Crippen LogP contribution in [0.5, 0.6) is 0 Å². The number of aromatic nitrogens is 3. The number of fused-ring (bicyclic) bond motifs is 6. The van der Waals surface area contributed by atoms with E-state index >= 15 is 0 Å². The fourth-order valence-electron chi connectivity index (χ4n) is 7.90. The fourth-order valence-corrected chi connectivity index (χ4v) is 7.90. The topological polar surface area (TPSA) is 68.2 Å². The summed E-state index contributed by atoms with van der Waals surface area (Å²) in [6.45, 7) is 0. The third-order valence-corrected chi connectivity index (χ3v) is 10.5. The highest BCUT2D eigenvalue weighted by Gasteiger charge is 2.23. The number of rotatable bonds is 7. The molecule has 0 aliphatic heterocycles. The highest BCUT2D eigenvalue weighted by atomic mass is 16.3.